The van der Waals surface area contributed by atoms with Gasteiger partial charge in [-0.05, 0) is 19.3 Å². The van der Waals surface area contributed by atoms with Crippen molar-refractivity contribution in [2.24, 2.45) is 13.0 Å². The molecule has 0 saturated carbocycles. The van der Waals surface area contributed by atoms with E-state index >= 15 is 0 Å². The summed E-state index contributed by atoms with van der Waals surface area (Å²) in [5, 5.41) is 9.73. The minimum Gasteiger partial charge on any atom is -0.341 e. The van der Waals surface area contributed by atoms with Crippen molar-refractivity contribution in [1.29, 1.82) is 0 Å². The highest BCUT2D eigenvalue weighted by Crippen LogP contribution is 2.19. The summed E-state index contributed by atoms with van der Waals surface area (Å²) in [6.07, 6.45) is 2.31. The molecule has 0 radical (unpaired) electrons. The number of aromatic nitrogens is 4. The summed E-state index contributed by atoms with van der Waals surface area (Å²) in [6, 6.07) is -0.156. The molecule has 1 atom stereocenters. The van der Waals surface area contributed by atoms with Crippen LogP contribution in [0, 0.1) is 12.8 Å². The lowest BCUT2D eigenvalue weighted by molar-refractivity contribution is 0.0924. The highest BCUT2D eigenvalue weighted by molar-refractivity contribution is 7.09. The Morgan fingerprint density at radius 3 is 2.75 bits per heavy atom. The van der Waals surface area contributed by atoms with Crippen molar-refractivity contribution in [1.82, 2.24) is 25.1 Å². The molecule has 7 heteroatoms. The summed E-state index contributed by atoms with van der Waals surface area (Å²) < 4.78 is 1.69. The monoisotopic (exact) mass is 293 g/mol. The zero-order valence-electron chi connectivity index (χ0n) is 12.1. The first-order chi connectivity index (χ1) is 9.47. The summed E-state index contributed by atoms with van der Waals surface area (Å²) in [4.78, 5) is 20.7. The van der Waals surface area contributed by atoms with E-state index in [0.717, 1.165) is 17.3 Å². The van der Waals surface area contributed by atoms with E-state index in [4.69, 9.17) is 0 Å². The third kappa shape index (κ3) is 3.41. The number of thiazole rings is 1. The maximum Gasteiger partial charge on any atom is 0.271 e. The van der Waals surface area contributed by atoms with Gasteiger partial charge in [0, 0.05) is 12.4 Å². The molecule has 2 heterocycles. The molecule has 1 N–H and O–H groups in total. The van der Waals surface area contributed by atoms with Crippen molar-refractivity contribution in [3.8, 4) is 0 Å². The van der Waals surface area contributed by atoms with Gasteiger partial charge >= 0.3 is 0 Å². The van der Waals surface area contributed by atoms with Gasteiger partial charge in [0.15, 0.2) is 0 Å². The highest BCUT2D eigenvalue weighted by atomic mass is 32.1. The summed E-state index contributed by atoms with van der Waals surface area (Å²) in [6.45, 7) is 6.11. The van der Waals surface area contributed by atoms with Gasteiger partial charge in [-0.15, -0.1) is 11.3 Å². The second-order valence-corrected chi connectivity index (χ2v) is 6.21. The number of carbonyl (C=O) groups is 1. The SMILES string of the molecule is Cc1nc(C(=O)N[C@H](CC(C)C)c2ncnn2C)cs1. The van der Waals surface area contributed by atoms with E-state index in [1.807, 2.05) is 14.0 Å². The van der Waals surface area contributed by atoms with E-state index in [-0.39, 0.29) is 11.9 Å². The first-order valence-corrected chi connectivity index (χ1v) is 7.42. The maximum absolute atomic E-state index is 12.2. The van der Waals surface area contributed by atoms with E-state index in [0.29, 0.717) is 11.6 Å². The molecule has 2 aromatic rings. The molecule has 1 amide bonds. The standard InChI is InChI=1S/C13H19N5OS/c1-8(2)5-10(12-14-7-15-18(12)4)17-13(19)11-6-20-9(3)16-11/h6-8,10H,5H2,1-4H3,(H,17,19)/t10-/m1/s1. The lowest BCUT2D eigenvalue weighted by Crippen LogP contribution is -2.31. The number of amides is 1. The van der Waals surface area contributed by atoms with Crippen molar-refractivity contribution >= 4 is 17.2 Å². The topological polar surface area (TPSA) is 72.7 Å². The molecule has 0 saturated heterocycles. The second-order valence-electron chi connectivity index (χ2n) is 5.15. The first-order valence-electron chi connectivity index (χ1n) is 6.54. The van der Waals surface area contributed by atoms with Crippen LogP contribution in [0.2, 0.25) is 0 Å². The van der Waals surface area contributed by atoms with Crippen LogP contribution in [-0.4, -0.2) is 25.7 Å². The summed E-state index contributed by atoms with van der Waals surface area (Å²) >= 11 is 1.47. The van der Waals surface area contributed by atoms with Crippen molar-refractivity contribution in [2.75, 3.05) is 0 Å². The van der Waals surface area contributed by atoms with E-state index in [1.54, 1.807) is 10.1 Å². The molecule has 2 aromatic heterocycles. The van der Waals surface area contributed by atoms with Crippen LogP contribution in [0.1, 0.15) is 47.6 Å². The van der Waals surface area contributed by atoms with Gasteiger partial charge < -0.3 is 5.32 Å². The molecule has 108 valence electrons. The van der Waals surface area contributed by atoms with Crippen LogP contribution in [-0.2, 0) is 7.05 Å². The van der Waals surface area contributed by atoms with Gasteiger partial charge in [-0.2, -0.15) is 5.10 Å². The lowest BCUT2D eigenvalue weighted by atomic mass is 10.0. The summed E-state index contributed by atoms with van der Waals surface area (Å²) in [5.41, 5.74) is 0.462. The number of nitrogens with one attached hydrogen (secondary N) is 1. The van der Waals surface area contributed by atoms with Crippen LogP contribution in [0.15, 0.2) is 11.7 Å². The average molecular weight is 293 g/mol. The fourth-order valence-electron chi connectivity index (χ4n) is 2.02. The maximum atomic E-state index is 12.2. The number of rotatable bonds is 5. The highest BCUT2D eigenvalue weighted by Gasteiger charge is 2.22. The van der Waals surface area contributed by atoms with Gasteiger partial charge in [0.05, 0.1) is 11.0 Å². The summed E-state index contributed by atoms with van der Waals surface area (Å²) in [7, 11) is 1.83. The largest absolute Gasteiger partial charge is 0.341 e. The predicted molar refractivity (Wildman–Crippen MR) is 77.5 cm³/mol. The van der Waals surface area contributed by atoms with Crippen LogP contribution < -0.4 is 5.32 Å². The van der Waals surface area contributed by atoms with Crippen molar-refractivity contribution in [2.45, 2.75) is 33.2 Å². The van der Waals surface area contributed by atoms with Crippen LogP contribution in [0.3, 0.4) is 0 Å². The number of hydrogen-bond donors (Lipinski definition) is 1. The molecule has 0 bridgehead atoms. The Labute approximate surface area is 122 Å². The van der Waals surface area contributed by atoms with Crippen molar-refractivity contribution in [3.63, 3.8) is 0 Å². The normalized spacial score (nSPS) is 12.7. The number of aryl methyl sites for hydroxylation is 2. The average Bonchev–Trinajstić information content (AvgIpc) is 2.96. The minimum absolute atomic E-state index is 0.156. The number of carbonyl (C=O) groups excluding carboxylic acids is 1. The molecular weight excluding hydrogens is 274 g/mol. The van der Waals surface area contributed by atoms with E-state index in [9.17, 15) is 4.79 Å². The zero-order valence-corrected chi connectivity index (χ0v) is 12.9. The summed E-state index contributed by atoms with van der Waals surface area (Å²) in [5.74, 6) is 1.04. The molecule has 0 aliphatic rings. The van der Waals surface area contributed by atoms with E-state index in [2.05, 4.69) is 34.2 Å². The van der Waals surface area contributed by atoms with Crippen LogP contribution in [0.4, 0.5) is 0 Å². The Hall–Kier alpha value is -1.76. The Balaban J connectivity index is 2.16. The van der Waals surface area contributed by atoms with Gasteiger partial charge in [0.2, 0.25) is 0 Å². The molecule has 0 fully saturated rings. The quantitative estimate of drug-likeness (QED) is 0.916. The smallest absolute Gasteiger partial charge is 0.271 e. The molecule has 2 rings (SSSR count). The Morgan fingerprint density at radius 2 is 2.25 bits per heavy atom. The molecule has 0 aliphatic heterocycles. The molecule has 0 unspecified atom stereocenters. The second kappa shape index (κ2) is 6.13. The predicted octanol–water partition coefficient (Wildman–Crippen LogP) is 2.10. The van der Waals surface area contributed by atoms with E-state index in [1.165, 1.54) is 17.7 Å². The molecule has 6 nitrogen and oxygen atoms in total. The van der Waals surface area contributed by atoms with Gasteiger partial charge in [-0.1, -0.05) is 13.8 Å². The van der Waals surface area contributed by atoms with Gasteiger partial charge in [0.25, 0.3) is 5.91 Å². The third-order valence-electron chi connectivity index (χ3n) is 2.92. The van der Waals surface area contributed by atoms with Crippen molar-refractivity contribution < 1.29 is 4.79 Å². The Kier molecular flexibility index (Phi) is 4.49. The van der Waals surface area contributed by atoms with Gasteiger partial charge in [-0.25, -0.2) is 9.97 Å². The molecule has 0 aromatic carbocycles. The molecule has 0 aliphatic carbocycles. The van der Waals surface area contributed by atoms with E-state index < -0.39 is 0 Å². The Bertz CT molecular complexity index is 589. The van der Waals surface area contributed by atoms with Gasteiger partial charge in [-0.3, -0.25) is 9.48 Å². The van der Waals surface area contributed by atoms with Crippen LogP contribution >= 0.6 is 11.3 Å². The lowest BCUT2D eigenvalue weighted by Gasteiger charge is -2.19. The molecule has 20 heavy (non-hydrogen) atoms. The Morgan fingerprint density at radius 1 is 1.50 bits per heavy atom. The molecular formula is C13H19N5OS. The fourth-order valence-corrected chi connectivity index (χ4v) is 2.61. The zero-order chi connectivity index (χ0) is 14.7. The number of nitrogens with zero attached hydrogens (tertiary/aromatic N) is 4. The minimum atomic E-state index is -0.164. The van der Waals surface area contributed by atoms with Gasteiger partial charge in [0.1, 0.15) is 17.8 Å². The van der Waals surface area contributed by atoms with Crippen molar-refractivity contribution in [3.05, 3.63) is 28.2 Å². The van der Waals surface area contributed by atoms with Crippen LogP contribution in [0.5, 0.6) is 0 Å². The van der Waals surface area contributed by atoms with Crippen LogP contribution in [0.25, 0.3) is 0 Å². The first kappa shape index (κ1) is 14.6. The molecule has 0 spiro atoms. The number of hydrogen-bond acceptors (Lipinski definition) is 5. The fraction of sp³-hybridized carbons (Fsp3) is 0.538. The third-order valence-corrected chi connectivity index (χ3v) is 3.70.